The average molecular weight is 764 g/mol. The maximum atomic E-state index is 15.1. The summed E-state index contributed by atoms with van der Waals surface area (Å²) in [6.45, 7) is 0. The lowest BCUT2D eigenvalue weighted by atomic mass is 10.0. The third-order valence-electron chi connectivity index (χ3n) is 11.3. The van der Waals surface area contributed by atoms with Crippen molar-refractivity contribution in [2.75, 3.05) is 0 Å². The van der Waals surface area contributed by atoms with Gasteiger partial charge < -0.3 is 4.57 Å². The number of halogens is 1. The van der Waals surface area contributed by atoms with Gasteiger partial charge in [0.2, 0.25) is 5.95 Å². The summed E-state index contributed by atoms with van der Waals surface area (Å²) in [5, 5.41) is 6.48. The minimum atomic E-state index is -0.229. The lowest BCUT2D eigenvalue weighted by Crippen LogP contribution is -2.06. The molecular weight excluding hydrogens is 734 g/mol. The van der Waals surface area contributed by atoms with E-state index < -0.39 is 0 Å². The van der Waals surface area contributed by atoms with Gasteiger partial charge in [-0.25, -0.2) is 9.37 Å². The normalized spacial score (nSPS) is 11.9. The Morgan fingerprint density at radius 3 is 1.78 bits per heavy atom. The van der Waals surface area contributed by atoms with Crippen molar-refractivity contribution in [3.8, 4) is 45.5 Å². The van der Waals surface area contributed by atoms with E-state index in [-0.39, 0.29) is 5.82 Å². The lowest BCUT2D eigenvalue weighted by Gasteiger charge is -2.12. The molecule has 0 aliphatic heterocycles. The summed E-state index contributed by atoms with van der Waals surface area (Å²) in [6, 6.07) is 62.4. The second-order valence-corrected chi connectivity index (χ2v) is 15.6. The fourth-order valence-corrected chi connectivity index (χ4v) is 9.85. The molecule has 0 amide bonds. The Balaban J connectivity index is 1.09. The van der Waals surface area contributed by atoms with Crippen molar-refractivity contribution in [3.05, 3.63) is 188 Å². The molecule has 272 valence electrons. The number of hydrogen-bond acceptors (Lipinski definition) is 4. The van der Waals surface area contributed by atoms with Crippen molar-refractivity contribution in [3.63, 3.8) is 0 Å². The molecule has 0 aliphatic carbocycles. The minimum Gasteiger partial charge on any atom is -0.309 e. The van der Waals surface area contributed by atoms with Crippen molar-refractivity contribution >= 4 is 75.1 Å². The molecule has 12 aromatic rings. The minimum absolute atomic E-state index is 0.229. The molecule has 0 spiro atoms. The van der Waals surface area contributed by atoms with Gasteiger partial charge in [0.05, 0.1) is 26.8 Å². The molecule has 0 atom stereocenters. The SMILES string of the molecule is Fc1cccc2c1sc1c(-c3nc(-c4ccccc4)nc(-n4c5ccccc5c5ccc(-c6ccc7c(c6)c6ccccc6n7-c6ccccc6)cc54)n3)cccc12. The highest BCUT2D eigenvalue weighted by atomic mass is 32.1. The highest BCUT2D eigenvalue weighted by Crippen LogP contribution is 2.42. The molecular formula is C51H30FN5S. The quantitative estimate of drug-likeness (QED) is 0.175. The maximum Gasteiger partial charge on any atom is 0.238 e. The summed E-state index contributed by atoms with van der Waals surface area (Å²) >= 11 is 1.44. The van der Waals surface area contributed by atoms with Crippen LogP contribution in [0.15, 0.2) is 182 Å². The van der Waals surface area contributed by atoms with Gasteiger partial charge in [0.1, 0.15) is 5.82 Å². The number of hydrogen-bond donors (Lipinski definition) is 0. The van der Waals surface area contributed by atoms with E-state index in [9.17, 15) is 0 Å². The van der Waals surface area contributed by atoms with Gasteiger partial charge in [-0.1, -0.05) is 127 Å². The van der Waals surface area contributed by atoms with Gasteiger partial charge in [-0.2, -0.15) is 9.97 Å². The smallest absolute Gasteiger partial charge is 0.238 e. The number of rotatable bonds is 5. The molecule has 4 heterocycles. The standard InChI is InChI=1S/C51H30FN5S/c52-42-22-12-20-39-38-19-11-21-40(47(38)58-48(39)42)50-53-49(31-13-3-1-4-14-31)54-51(55-50)57-44-24-10-7-17-35(44)37-27-25-33(30-46(37)57)32-26-28-45-41(29-32)36-18-8-9-23-43(36)56(45)34-15-5-2-6-16-34/h1-30H. The number of thiophene rings is 1. The van der Waals surface area contributed by atoms with E-state index in [4.69, 9.17) is 15.0 Å². The monoisotopic (exact) mass is 763 g/mol. The van der Waals surface area contributed by atoms with Crippen LogP contribution >= 0.6 is 11.3 Å². The molecule has 0 saturated carbocycles. The molecule has 0 N–H and O–H groups in total. The molecule has 0 saturated heterocycles. The van der Waals surface area contributed by atoms with Crippen LogP contribution in [0.5, 0.6) is 0 Å². The molecule has 12 rings (SSSR count). The van der Waals surface area contributed by atoms with E-state index in [1.54, 1.807) is 6.07 Å². The molecule has 4 aromatic heterocycles. The Kier molecular flexibility index (Phi) is 7.21. The van der Waals surface area contributed by atoms with Crippen LogP contribution in [0.2, 0.25) is 0 Å². The molecule has 0 bridgehead atoms. The van der Waals surface area contributed by atoms with E-state index in [0.717, 1.165) is 70.7 Å². The number of fused-ring (bicyclic) bond motifs is 9. The van der Waals surface area contributed by atoms with Crippen molar-refractivity contribution in [1.29, 1.82) is 0 Å². The van der Waals surface area contributed by atoms with Crippen LogP contribution in [-0.4, -0.2) is 24.1 Å². The molecule has 0 unspecified atom stereocenters. The van der Waals surface area contributed by atoms with E-state index in [0.29, 0.717) is 22.3 Å². The van der Waals surface area contributed by atoms with Crippen molar-refractivity contribution < 1.29 is 4.39 Å². The van der Waals surface area contributed by atoms with Gasteiger partial charge in [0, 0.05) is 53.8 Å². The van der Waals surface area contributed by atoms with Crippen molar-refractivity contribution in [2.24, 2.45) is 0 Å². The highest BCUT2D eigenvalue weighted by Gasteiger charge is 2.21. The predicted molar refractivity (Wildman–Crippen MR) is 238 cm³/mol. The third-order valence-corrected chi connectivity index (χ3v) is 12.5. The van der Waals surface area contributed by atoms with Crippen LogP contribution < -0.4 is 0 Å². The fourth-order valence-electron chi connectivity index (χ4n) is 8.64. The Hall–Kier alpha value is -7.48. The van der Waals surface area contributed by atoms with Gasteiger partial charge in [-0.15, -0.1) is 11.3 Å². The van der Waals surface area contributed by atoms with Crippen LogP contribution in [0, 0.1) is 5.82 Å². The summed E-state index contributed by atoms with van der Waals surface area (Å²) in [7, 11) is 0. The Morgan fingerprint density at radius 2 is 0.966 bits per heavy atom. The summed E-state index contributed by atoms with van der Waals surface area (Å²) in [6.07, 6.45) is 0. The summed E-state index contributed by atoms with van der Waals surface area (Å²) < 4.78 is 21.2. The van der Waals surface area contributed by atoms with Crippen LogP contribution in [0.4, 0.5) is 4.39 Å². The first-order chi connectivity index (χ1) is 28.7. The molecule has 8 aromatic carbocycles. The van der Waals surface area contributed by atoms with Gasteiger partial charge in [-0.3, -0.25) is 4.57 Å². The molecule has 5 nitrogen and oxygen atoms in total. The zero-order valence-corrected chi connectivity index (χ0v) is 31.7. The van der Waals surface area contributed by atoms with Crippen LogP contribution in [0.3, 0.4) is 0 Å². The topological polar surface area (TPSA) is 48.5 Å². The molecule has 58 heavy (non-hydrogen) atoms. The maximum absolute atomic E-state index is 15.1. The van der Waals surface area contributed by atoms with E-state index >= 15 is 4.39 Å². The number of benzene rings is 8. The zero-order chi connectivity index (χ0) is 38.3. The van der Waals surface area contributed by atoms with E-state index in [1.807, 2.05) is 54.6 Å². The average Bonchev–Trinajstić information content (AvgIpc) is 3.95. The van der Waals surface area contributed by atoms with Gasteiger partial charge >= 0.3 is 0 Å². The Bertz CT molecular complexity index is 3590. The van der Waals surface area contributed by atoms with E-state index in [2.05, 4.69) is 124 Å². The van der Waals surface area contributed by atoms with E-state index in [1.165, 1.54) is 33.7 Å². The predicted octanol–water partition coefficient (Wildman–Crippen LogP) is 13.6. The first-order valence-corrected chi connectivity index (χ1v) is 20.0. The highest BCUT2D eigenvalue weighted by molar-refractivity contribution is 7.26. The van der Waals surface area contributed by atoms with Crippen LogP contribution in [-0.2, 0) is 0 Å². The van der Waals surface area contributed by atoms with Crippen LogP contribution in [0.1, 0.15) is 0 Å². The van der Waals surface area contributed by atoms with Gasteiger partial charge in [0.15, 0.2) is 11.6 Å². The van der Waals surface area contributed by atoms with Gasteiger partial charge in [0.25, 0.3) is 0 Å². The number of nitrogens with zero attached hydrogens (tertiary/aromatic N) is 5. The number of para-hydroxylation sites is 3. The molecule has 0 fully saturated rings. The van der Waals surface area contributed by atoms with Gasteiger partial charge in [-0.05, 0) is 65.7 Å². The first kappa shape index (κ1) is 32.7. The number of aromatic nitrogens is 5. The fraction of sp³-hybridized carbons (Fsp3) is 0. The lowest BCUT2D eigenvalue weighted by molar-refractivity contribution is 0.642. The molecule has 7 heteroatoms. The third kappa shape index (κ3) is 4.97. The zero-order valence-electron chi connectivity index (χ0n) is 30.8. The first-order valence-electron chi connectivity index (χ1n) is 19.2. The summed E-state index contributed by atoms with van der Waals surface area (Å²) in [5.41, 5.74) is 9.38. The second-order valence-electron chi connectivity index (χ2n) is 14.6. The molecule has 0 aliphatic rings. The Labute approximate surface area is 335 Å². The van der Waals surface area contributed by atoms with Crippen molar-refractivity contribution in [2.45, 2.75) is 0 Å². The van der Waals surface area contributed by atoms with Crippen LogP contribution in [0.25, 0.3) is 109 Å². The second kappa shape index (κ2) is 12.8. The summed E-state index contributed by atoms with van der Waals surface area (Å²) in [5.74, 6) is 1.38. The largest absolute Gasteiger partial charge is 0.309 e. The molecule has 0 radical (unpaired) electrons. The summed E-state index contributed by atoms with van der Waals surface area (Å²) in [4.78, 5) is 15.6. The Morgan fingerprint density at radius 1 is 0.379 bits per heavy atom. The van der Waals surface area contributed by atoms with Crippen molar-refractivity contribution in [1.82, 2.24) is 24.1 Å².